The van der Waals surface area contributed by atoms with Crippen LogP contribution in [0.4, 0.5) is 0 Å². The minimum Gasteiger partial charge on any atom is -0.508 e. The Morgan fingerprint density at radius 3 is 2.28 bits per heavy atom. The molecule has 4 nitrogen and oxygen atoms in total. The van der Waals surface area contributed by atoms with Crippen LogP contribution < -0.4 is 5.32 Å². The number of ether oxygens (including phenoxy) is 2. The molecule has 0 fully saturated rings. The highest BCUT2D eigenvalue weighted by Gasteiger charge is 2.06. The van der Waals surface area contributed by atoms with Crippen molar-refractivity contribution in [3.8, 4) is 5.75 Å². The van der Waals surface area contributed by atoms with E-state index in [9.17, 15) is 0 Å². The van der Waals surface area contributed by atoms with Crippen LogP contribution in [0.3, 0.4) is 0 Å². The van der Waals surface area contributed by atoms with Crippen LogP contribution in [0, 0.1) is 0 Å². The van der Waals surface area contributed by atoms with E-state index >= 15 is 0 Å². The molecule has 0 aliphatic heterocycles. The van der Waals surface area contributed by atoms with Gasteiger partial charge in [-0.25, -0.2) is 0 Å². The van der Waals surface area contributed by atoms with Gasteiger partial charge < -0.3 is 19.9 Å². The molecule has 0 heterocycles. The second kappa shape index (κ2) is 8.91. The van der Waals surface area contributed by atoms with Crippen molar-refractivity contribution >= 4 is 0 Å². The fourth-order valence-electron chi connectivity index (χ4n) is 1.65. The lowest BCUT2D eigenvalue weighted by Gasteiger charge is -2.17. The maximum atomic E-state index is 9.17. The molecule has 18 heavy (non-hydrogen) atoms. The van der Waals surface area contributed by atoms with Gasteiger partial charge in [-0.15, -0.1) is 0 Å². The molecule has 0 spiro atoms. The van der Waals surface area contributed by atoms with E-state index in [1.165, 1.54) is 0 Å². The molecule has 0 aromatic heterocycles. The Bertz CT molecular complexity index is 307. The minimum atomic E-state index is -0.118. The van der Waals surface area contributed by atoms with Crippen LogP contribution >= 0.6 is 0 Å². The summed E-state index contributed by atoms with van der Waals surface area (Å²) in [5.41, 5.74) is 1.15. The van der Waals surface area contributed by atoms with E-state index in [0.29, 0.717) is 19.0 Å². The van der Waals surface area contributed by atoms with Crippen molar-refractivity contribution < 1.29 is 14.6 Å². The highest BCUT2D eigenvalue weighted by Crippen LogP contribution is 2.09. The summed E-state index contributed by atoms with van der Waals surface area (Å²) in [6.07, 6.45) is 0.715. The number of benzene rings is 1. The molecule has 1 aromatic rings. The first-order valence-electron chi connectivity index (χ1n) is 6.48. The SMILES string of the molecule is CCOC(CCNCc1ccc(O)cc1)OCC. The number of rotatable bonds is 9. The monoisotopic (exact) mass is 253 g/mol. The number of phenols is 1. The second-order valence-corrected chi connectivity index (χ2v) is 3.97. The Morgan fingerprint density at radius 2 is 1.72 bits per heavy atom. The lowest BCUT2D eigenvalue weighted by molar-refractivity contribution is -0.138. The summed E-state index contributed by atoms with van der Waals surface area (Å²) < 4.78 is 10.9. The van der Waals surface area contributed by atoms with Crippen molar-refractivity contribution in [3.05, 3.63) is 29.8 Å². The summed E-state index contributed by atoms with van der Waals surface area (Å²) in [5, 5.41) is 12.5. The van der Waals surface area contributed by atoms with Gasteiger partial charge in [0.15, 0.2) is 6.29 Å². The van der Waals surface area contributed by atoms with Crippen LogP contribution in [-0.4, -0.2) is 31.2 Å². The van der Waals surface area contributed by atoms with Gasteiger partial charge in [0.1, 0.15) is 5.75 Å². The third-order valence-electron chi connectivity index (χ3n) is 2.53. The van der Waals surface area contributed by atoms with Gasteiger partial charge in [0.05, 0.1) is 0 Å². The molecule has 102 valence electrons. The number of hydrogen-bond donors (Lipinski definition) is 2. The molecule has 4 heteroatoms. The van der Waals surface area contributed by atoms with E-state index in [-0.39, 0.29) is 6.29 Å². The Hall–Kier alpha value is -1.10. The number of nitrogens with one attached hydrogen (secondary N) is 1. The highest BCUT2D eigenvalue weighted by atomic mass is 16.7. The zero-order valence-corrected chi connectivity index (χ0v) is 11.2. The standard InChI is InChI=1S/C14H23NO3/c1-3-17-14(18-4-2)9-10-15-11-12-5-7-13(16)8-6-12/h5-8,14-16H,3-4,9-11H2,1-2H3. The first-order chi connectivity index (χ1) is 8.76. The van der Waals surface area contributed by atoms with Gasteiger partial charge in [-0.05, 0) is 31.5 Å². The Labute approximate surface area is 109 Å². The molecule has 2 N–H and O–H groups in total. The zero-order chi connectivity index (χ0) is 13.2. The fraction of sp³-hybridized carbons (Fsp3) is 0.571. The largest absolute Gasteiger partial charge is 0.508 e. The topological polar surface area (TPSA) is 50.7 Å². The van der Waals surface area contributed by atoms with Gasteiger partial charge >= 0.3 is 0 Å². The van der Waals surface area contributed by atoms with Gasteiger partial charge in [-0.3, -0.25) is 0 Å². The molecular weight excluding hydrogens is 230 g/mol. The fourth-order valence-corrected chi connectivity index (χ4v) is 1.65. The minimum absolute atomic E-state index is 0.118. The summed E-state index contributed by atoms with van der Waals surface area (Å²) in [4.78, 5) is 0. The van der Waals surface area contributed by atoms with E-state index < -0.39 is 0 Å². The van der Waals surface area contributed by atoms with Crippen molar-refractivity contribution in [2.75, 3.05) is 19.8 Å². The van der Waals surface area contributed by atoms with Crippen molar-refractivity contribution in [3.63, 3.8) is 0 Å². The molecule has 1 aromatic carbocycles. The molecule has 0 aliphatic rings. The van der Waals surface area contributed by atoms with E-state index in [1.54, 1.807) is 12.1 Å². The third-order valence-corrected chi connectivity index (χ3v) is 2.53. The van der Waals surface area contributed by atoms with E-state index in [1.807, 2.05) is 26.0 Å². The molecule has 0 saturated carbocycles. The van der Waals surface area contributed by atoms with Crippen molar-refractivity contribution in [1.82, 2.24) is 5.32 Å². The van der Waals surface area contributed by atoms with Crippen LogP contribution in [0.2, 0.25) is 0 Å². The average molecular weight is 253 g/mol. The Balaban J connectivity index is 2.18. The van der Waals surface area contributed by atoms with Gasteiger partial charge in [-0.2, -0.15) is 0 Å². The number of aromatic hydroxyl groups is 1. The van der Waals surface area contributed by atoms with E-state index in [4.69, 9.17) is 14.6 Å². The number of hydrogen-bond acceptors (Lipinski definition) is 4. The molecule has 0 saturated heterocycles. The summed E-state index contributed by atoms with van der Waals surface area (Å²) in [5.74, 6) is 0.298. The summed E-state index contributed by atoms with van der Waals surface area (Å²) in [7, 11) is 0. The van der Waals surface area contributed by atoms with Crippen molar-refractivity contribution in [1.29, 1.82) is 0 Å². The molecule has 1 rings (SSSR count). The van der Waals surface area contributed by atoms with Crippen LogP contribution in [0.15, 0.2) is 24.3 Å². The lowest BCUT2D eigenvalue weighted by Crippen LogP contribution is -2.24. The smallest absolute Gasteiger partial charge is 0.158 e. The van der Waals surface area contributed by atoms with Crippen molar-refractivity contribution in [2.24, 2.45) is 0 Å². The normalized spacial score (nSPS) is 11.1. The molecule has 0 radical (unpaired) electrons. The van der Waals surface area contributed by atoms with Crippen LogP contribution in [0.1, 0.15) is 25.8 Å². The maximum Gasteiger partial charge on any atom is 0.158 e. The second-order valence-electron chi connectivity index (χ2n) is 3.97. The Kier molecular flexibility index (Phi) is 7.41. The molecule has 0 atom stereocenters. The lowest BCUT2D eigenvalue weighted by atomic mass is 10.2. The van der Waals surface area contributed by atoms with Crippen molar-refractivity contribution in [2.45, 2.75) is 33.1 Å². The predicted molar refractivity (Wildman–Crippen MR) is 71.5 cm³/mol. The van der Waals surface area contributed by atoms with Gasteiger partial charge in [0.25, 0.3) is 0 Å². The summed E-state index contributed by atoms with van der Waals surface area (Å²) >= 11 is 0. The van der Waals surface area contributed by atoms with Gasteiger partial charge in [-0.1, -0.05) is 12.1 Å². The summed E-state index contributed by atoms with van der Waals surface area (Å²) in [6.45, 7) is 6.90. The maximum absolute atomic E-state index is 9.17. The zero-order valence-electron chi connectivity index (χ0n) is 11.2. The predicted octanol–water partition coefficient (Wildman–Crippen LogP) is 2.27. The van der Waals surface area contributed by atoms with Crippen LogP contribution in [0.5, 0.6) is 5.75 Å². The average Bonchev–Trinajstić information content (AvgIpc) is 2.37. The molecule has 0 bridgehead atoms. The van der Waals surface area contributed by atoms with Crippen LogP contribution in [-0.2, 0) is 16.0 Å². The molecule has 0 amide bonds. The van der Waals surface area contributed by atoms with E-state index in [2.05, 4.69) is 5.32 Å². The van der Waals surface area contributed by atoms with E-state index in [0.717, 1.165) is 25.1 Å². The number of phenolic OH excluding ortho intramolecular Hbond substituents is 1. The molecule has 0 aliphatic carbocycles. The van der Waals surface area contributed by atoms with Gasteiger partial charge in [0, 0.05) is 32.7 Å². The molecular formula is C14H23NO3. The van der Waals surface area contributed by atoms with Gasteiger partial charge in [0.2, 0.25) is 0 Å². The quantitative estimate of drug-likeness (QED) is 0.523. The van der Waals surface area contributed by atoms with Crippen LogP contribution in [0.25, 0.3) is 0 Å². The summed E-state index contributed by atoms with van der Waals surface area (Å²) in [6, 6.07) is 7.20. The highest BCUT2D eigenvalue weighted by molar-refractivity contribution is 5.25. The molecule has 0 unspecified atom stereocenters. The first-order valence-corrected chi connectivity index (χ1v) is 6.48. The Morgan fingerprint density at radius 1 is 1.11 bits per heavy atom. The third kappa shape index (κ3) is 6.00. The first kappa shape index (κ1) is 15.0.